The van der Waals surface area contributed by atoms with Crippen molar-refractivity contribution in [2.75, 3.05) is 40.3 Å². The van der Waals surface area contributed by atoms with Crippen LogP contribution in [0.2, 0.25) is 10.0 Å². The number of nitrogens with zero attached hydrogens (tertiary/aromatic N) is 2. The predicted molar refractivity (Wildman–Crippen MR) is 135 cm³/mol. The number of ether oxygens (including phenoxy) is 1. The summed E-state index contributed by atoms with van der Waals surface area (Å²) in [5.41, 5.74) is -0.346. The molecule has 2 aromatic rings. The van der Waals surface area contributed by atoms with E-state index in [0.717, 1.165) is 50.7 Å². The average molecular weight is 558 g/mol. The van der Waals surface area contributed by atoms with Crippen LogP contribution in [0.25, 0.3) is 0 Å². The molecule has 2 aromatic carbocycles. The second-order valence-corrected chi connectivity index (χ2v) is 10.3. The minimum absolute atomic E-state index is 0.0266. The zero-order chi connectivity index (χ0) is 26.9. The molecule has 2 heterocycles. The summed E-state index contributed by atoms with van der Waals surface area (Å²) in [4.78, 5) is 30.0. The molecule has 0 aromatic heterocycles. The summed E-state index contributed by atoms with van der Waals surface area (Å²) >= 11 is 12.4. The van der Waals surface area contributed by atoms with E-state index in [2.05, 4.69) is 5.32 Å². The molecule has 200 valence electrons. The molecular formula is C26H28Cl2F3N3O3. The molecule has 0 bridgehead atoms. The SMILES string of the molecule is COc1ccc(C(=O)N(C)[C@@H]2CN(C(=O)C3CCNCC3)C[C@H]2c2ccc(Cl)c(Cl)c2)cc1C(F)(F)F. The van der Waals surface area contributed by atoms with Gasteiger partial charge in [0.05, 0.1) is 28.8 Å². The number of amides is 2. The maximum atomic E-state index is 13.6. The molecule has 1 N–H and O–H groups in total. The lowest BCUT2D eigenvalue weighted by molar-refractivity contribution is -0.139. The molecule has 0 unspecified atom stereocenters. The number of likely N-dealkylation sites (tertiary alicyclic amines) is 1. The van der Waals surface area contributed by atoms with Gasteiger partial charge in [0.15, 0.2) is 0 Å². The number of rotatable bonds is 5. The zero-order valence-corrected chi connectivity index (χ0v) is 22.0. The fourth-order valence-corrected chi connectivity index (χ4v) is 5.48. The third-order valence-electron chi connectivity index (χ3n) is 7.23. The first-order valence-corrected chi connectivity index (χ1v) is 12.7. The maximum absolute atomic E-state index is 13.6. The summed E-state index contributed by atoms with van der Waals surface area (Å²) < 4.78 is 45.6. The zero-order valence-electron chi connectivity index (χ0n) is 20.4. The van der Waals surface area contributed by atoms with E-state index in [0.29, 0.717) is 16.6 Å². The first-order valence-electron chi connectivity index (χ1n) is 12.0. The molecule has 2 fully saturated rings. The van der Waals surface area contributed by atoms with Gasteiger partial charge in [-0.05, 0) is 61.8 Å². The summed E-state index contributed by atoms with van der Waals surface area (Å²) in [6, 6.07) is 7.96. The number of benzene rings is 2. The quantitative estimate of drug-likeness (QED) is 0.556. The monoisotopic (exact) mass is 557 g/mol. The van der Waals surface area contributed by atoms with Gasteiger partial charge in [-0.1, -0.05) is 29.3 Å². The number of hydrogen-bond donors (Lipinski definition) is 1. The van der Waals surface area contributed by atoms with E-state index in [-0.39, 0.29) is 35.6 Å². The Bertz CT molecular complexity index is 1170. The van der Waals surface area contributed by atoms with Crippen LogP contribution in [-0.4, -0.2) is 68.0 Å². The van der Waals surface area contributed by atoms with Crippen LogP contribution in [0.4, 0.5) is 13.2 Å². The number of hydrogen-bond acceptors (Lipinski definition) is 4. The summed E-state index contributed by atoms with van der Waals surface area (Å²) in [5, 5.41) is 3.98. The smallest absolute Gasteiger partial charge is 0.419 e. The fourth-order valence-electron chi connectivity index (χ4n) is 5.17. The van der Waals surface area contributed by atoms with Gasteiger partial charge in [-0.3, -0.25) is 9.59 Å². The Balaban J connectivity index is 1.65. The summed E-state index contributed by atoms with van der Waals surface area (Å²) in [7, 11) is 2.69. The van der Waals surface area contributed by atoms with Crippen LogP contribution in [0.5, 0.6) is 5.75 Å². The highest BCUT2D eigenvalue weighted by atomic mass is 35.5. The van der Waals surface area contributed by atoms with Crippen LogP contribution >= 0.6 is 23.2 Å². The second kappa shape index (κ2) is 11.1. The van der Waals surface area contributed by atoms with E-state index in [1.54, 1.807) is 30.1 Å². The number of methoxy groups -OCH3 is 1. The van der Waals surface area contributed by atoms with Crippen molar-refractivity contribution in [2.24, 2.45) is 5.92 Å². The molecule has 0 aliphatic carbocycles. The standard InChI is InChI=1S/C26H28Cl2F3N3O3/c1-33(24(35)17-4-6-23(37-2)19(11-17)26(29,30)31)22-14-34(25(36)15-7-9-32-10-8-15)13-18(22)16-3-5-20(27)21(28)12-16/h3-6,11-12,15,18,22,32H,7-10,13-14H2,1-2H3/t18-,22+/m0/s1. The summed E-state index contributed by atoms with van der Waals surface area (Å²) in [6.45, 7) is 2.15. The van der Waals surface area contributed by atoms with E-state index in [1.165, 1.54) is 11.0 Å². The van der Waals surface area contributed by atoms with Gasteiger partial charge in [-0.15, -0.1) is 0 Å². The Labute approximate surface area is 223 Å². The molecule has 2 saturated heterocycles. The molecule has 37 heavy (non-hydrogen) atoms. The second-order valence-electron chi connectivity index (χ2n) is 9.44. The molecule has 2 amide bonds. The van der Waals surface area contributed by atoms with Gasteiger partial charge in [-0.2, -0.15) is 13.2 Å². The van der Waals surface area contributed by atoms with Crippen molar-refractivity contribution >= 4 is 35.0 Å². The van der Waals surface area contributed by atoms with Crippen molar-refractivity contribution in [1.82, 2.24) is 15.1 Å². The number of carbonyl (C=O) groups is 2. The average Bonchev–Trinajstić information content (AvgIpc) is 3.34. The lowest BCUT2D eigenvalue weighted by Gasteiger charge is -2.30. The van der Waals surface area contributed by atoms with Crippen LogP contribution in [0.15, 0.2) is 36.4 Å². The van der Waals surface area contributed by atoms with Gasteiger partial charge in [0.1, 0.15) is 5.75 Å². The van der Waals surface area contributed by atoms with Gasteiger partial charge in [0.2, 0.25) is 5.91 Å². The van der Waals surface area contributed by atoms with Crippen LogP contribution < -0.4 is 10.1 Å². The third-order valence-corrected chi connectivity index (χ3v) is 7.97. The Hall–Kier alpha value is -2.49. The molecule has 0 saturated carbocycles. The van der Waals surface area contributed by atoms with Gasteiger partial charge in [0.25, 0.3) is 5.91 Å². The van der Waals surface area contributed by atoms with Gasteiger partial charge in [-0.25, -0.2) is 0 Å². The Kier molecular flexibility index (Phi) is 8.26. The van der Waals surface area contributed by atoms with Crippen molar-refractivity contribution in [3.8, 4) is 5.75 Å². The van der Waals surface area contributed by atoms with Crippen molar-refractivity contribution in [1.29, 1.82) is 0 Å². The van der Waals surface area contributed by atoms with Crippen molar-refractivity contribution in [3.63, 3.8) is 0 Å². The number of nitrogens with one attached hydrogen (secondary N) is 1. The summed E-state index contributed by atoms with van der Waals surface area (Å²) in [5.74, 6) is -1.32. The minimum atomic E-state index is -4.69. The van der Waals surface area contributed by atoms with Crippen LogP contribution in [0.3, 0.4) is 0 Å². The Morgan fingerprint density at radius 3 is 2.38 bits per heavy atom. The van der Waals surface area contributed by atoms with E-state index in [1.807, 2.05) is 0 Å². The van der Waals surface area contributed by atoms with Crippen LogP contribution in [0, 0.1) is 5.92 Å². The number of alkyl halides is 3. The van der Waals surface area contributed by atoms with E-state index >= 15 is 0 Å². The predicted octanol–water partition coefficient (Wildman–Crippen LogP) is 5.09. The molecule has 0 radical (unpaired) electrons. The van der Waals surface area contributed by atoms with Crippen molar-refractivity contribution < 1.29 is 27.5 Å². The molecular weight excluding hydrogens is 530 g/mol. The number of likely N-dealkylation sites (N-methyl/N-ethyl adjacent to an activating group) is 1. The van der Waals surface area contributed by atoms with Crippen molar-refractivity contribution in [3.05, 3.63) is 63.1 Å². The maximum Gasteiger partial charge on any atom is 0.419 e. The van der Waals surface area contributed by atoms with Crippen LogP contribution in [0.1, 0.15) is 40.2 Å². The van der Waals surface area contributed by atoms with E-state index in [9.17, 15) is 22.8 Å². The van der Waals surface area contributed by atoms with E-state index in [4.69, 9.17) is 27.9 Å². The Morgan fingerprint density at radius 2 is 1.76 bits per heavy atom. The van der Waals surface area contributed by atoms with Crippen molar-refractivity contribution in [2.45, 2.75) is 31.0 Å². The summed E-state index contributed by atoms with van der Waals surface area (Å²) in [6.07, 6.45) is -3.22. The third kappa shape index (κ3) is 5.84. The molecule has 2 aliphatic heterocycles. The van der Waals surface area contributed by atoms with Gasteiger partial charge in [0, 0.05) is 37.5 Å². The first-order chi connectivity index (χ1) is 17.5. The number of carbonyl (C=O) groups excluding carboxylic acids is 2. The highest BCUT2D eigenvalue weighted by Crippen LogP contribution is 2.38. The van der Waals surface area contributed by atoms with Gasteiger partial charge >= 0.3 is 6.18 Å². The molecule has 4 rings (SSSR count). The highest BCUT2D eigenvalue weighted by molar-refractivity contribution is 6.42. The lowest BCUT2D eigenvalue weighted by Crippen LogP contribution is -2.43. The first kappa shape index (κ1) is 27.5. The van der Waals surface area contributed by atoms with Gasteiger partial charge < -0.3 is 19.9 Å². The molecule has 11 heteroatoms. The molecule has 2 atom stereocenters. The normalized spacial score (nSPS) is 20.7. The molecule has 6 nitrogen and oxygen atoms in total. The topological polar surface area (TPSA) is 61.9 Å². The minimum Gasteiger partial charge on any atom is -0.496 e. The fraction of sp³-hybridized carbons (Fsp3) is 0.462. The molecule has 2 aliphatic rings. The highest BCUT2D eigenvalue weighted by Gasteiger charge is 2.42. The lowest BCUT2D eigenvalue weighted by atomic mass is 9.93. The number of piperidine rings is 1. The van der Waals surface area contributed by atoms with E-state index < -0.39 is 23.7 Å². The molecule has 0 spiro atoms. The van der Waals surface area contributed by atoms with Crippen LogP contribution in [-0.2, 0) is 11.0 Å². The largest absolute Gasteiger partial charge is 0.496 e. The Morgan fingerprint density at radius 1 is 1.05 bits per heavy atom. The number of halogens is 5.